The summed E-state index contributed by atoms with van der Waals surface area (Å²) in [6.45, 7) is 2.83. The van der Waals surface area contributed by atoms with Crippen molar-refractivity contribution in [2.24, 2.45) is 5.92 Å². The van der Waals surface area contributed by atoms with Crippen LogP contribution in [0, 0.1) is 5.92 Å². The van der Waals surface area contributed by atoms with Gasteiger partial charge in [-0.15, -0.1) is 0 Å². The average Bonchev–Trinajstić information content (AvgIpc) is 2.83. The zero-order chi connectivity index (χ0) is 23.0. The zero-order valence-electron chi connectivity index (χ0n) is 19.0. The smallest absolute Gasteiger partial charge is 0.238 e. The number of carbonyl (C=O) groups is 2. The summed E-state index contributed by atoms with van der Waals surface area (Å²) >= 11 is 0. The number of para-hydroxylation sites is 1. The second-order valence-corrected chi connectivity index (χ2v) is 9.17. The molecule has 0 saturated carbocycles. The van der Waals surface area contributed by atoms with Crippen LogP contribution >= 0.6 is 0 Å². The summed E-state index contributed by atoms with van der Waals surface area (Å²) < 4.78 is 6.23. The molecule has 1 fully saturated rings. The molecule has 0 spiro atoms. The van der Waals surface area contributed by atoms with Crippen molar-refractivity contribution < 1.29 is 14.3 Å². The number of rotatable bonds is 5. The molecule has 1 saturated heterocycles. The molecule has 2 heterocycles. The molecule has 168 valence electrons. The minimum atomic E-state index is -0.777. The Bertz CT molecular complexity index is 1120. The van der Waals surface area contributed by atoms with Crippen LogP contribution in [0.2, 0.25) is 0 Å². The van der Waals surface area contributed by atoms with Gasteiger partial charge in [-0.25, -0.2) is 0 Å². The van der Waals surface area contributed by atoms with Crippen molar-refractivity contribution in [3.05, 3.63) is 102 Å². The zero-order valence-corrected chi connectivity index (χ0v) is 19.0. The third-order valence-electron chi connectivity index (χ3n) is 6.97. The van der Waals surface area contributed by atoms with Gasteiger partial charge in [-0.2, -0.15) is 0 Å². The number of amides is 2. The highest BCUT2D eigenvalue weighted by Gasteiger charge is 2.55. The summed E-state index contributed by atoms with van der Waals surface area (Å²) in [5.74, 6) is -0.556. The summed E-state index contributed by atoms with van der Waals surface area (Å²) in [6, 6.07) is 27.7. The highest BCUT2D eigenvalue weighted by atomic mass is 16.5. The van der Waals surface area contributed by atoms with Crippen molar-refractivity contribution in [3.8, 4) is 5.75 Å². The predicted octanol–water partition coefficient (Wildman–Crippen LogP) is 4.59. The molecule has 2 aliphatic heterocycles. The van der Waals surface area contributed by atoms with Crippen LogP contribution in [0.1, 0.15) is 36.0 Å². The van der Waals surface area contributed by atoms with Gasteiger partial charge in [0.15, 0.2) is 5.72 Å². The monoisotopic (exact) mass is 440 g/mol. The van der Waals surface area contributed by atoms with Crippen molar-refractivity contribution in [3.63, 3.8) is 0 Å². The number of hydrogen-bond acceptors (Lipinski definition) is 3. The lowest BCUT2D eigenvalue weighted by molar-refractivity contribution is -0.174. The highest BCUT2D eigenvalue weighted by molar-refractivity contribution is 6.02. The number of nitrogens with zero attached hydrogens (tertiary/aromatic N) is 2. The van der Waals surface area contributed by atoms with E-state index in [4.69, 9.17) is 4.74 Å². The van der Waals surface area contributed by atoms with Gasteiger partial charge in [0.05, 0.1) is 0 Å². The van der Waals surface area contributed by atoms with Gasteiger partial charge < -0.3 is 14.5 Å². The normalized spacial score (nSPS) is 23.5. The number of fused-ring (bicyclic) bond motifs is 4. The average molecular weight is 441 g/mol. The first kappa shape index (κ1) is 21.3. The highest BCUT2D eigenvalue weighted by Crippen LogP contribution is 2.50. The molecule has 0 unspecified atom stereocenters. The van der Waals surface area contributed by atoms with Crippen LogP contribution in [-0.2, 0) is 22.7 Å². The number of hydrogen-bond donors (Lipinski definition) is 0. The van der Waals surface area contributed by atoms with E-state index in [0.717, 1.165) is 22.4 Å². The fourth-order valence-corrected chi connectivity index (χ4v) is 5.09. The lowest BCUT2D eigenvalue weighted by atomic mass is 9.73. The van der Waals surface area contributed by atoms with E-state index in [1.807, 2.05) is 96.8 Å². The SMILES string of the molecule is CN1C(=O)[C@@H](C(=O)N(Cc2ccccc2)Cc2ccccc2)[C@@H]2C[C@]1(C)Oc1ccccc12. The van der Waals surface area contributed by atoms with Gasteiger partial charge in [0.2, 0.25) is 11.8 Å². The topological polar surface area (TPSA) is 49.9 Å². The largest absolute Gasteiger partial charge is 0.468 e. The van der Waals surface area contributed by atoms with Gasteiger partial charge in [-0.1, -0.05) is 78.9 Å². The molecule has 0 radical (unpaired) electrons. The van der Waals surface area contributed by atoms with Crippen molar-refractivity contribution in [2.45, 2.75) is 38.1 Å². The van der Waals surface area contributed by atoms with E-state index in [1.165, 1.54) is 0 Å². The molecule has 0 aliphatic carbocycles. The summed E-state index contributed by atoms with van der Waals surface area (Å²) in [5.41, 5.74) is 2.26. The first-order valence-corrected chi connectivity index (χ1v) is 11.4. The van der Waals surface area contributed by atoms with Gasteiger partial charge in [0, 0.05) is 32.5 Å². The summed E-state index contributed by atoms with van der Waals surface area (Å²) in [7, 11) is 1.74. The molecule has 3 atom stereocenters. The van der Waals surface area contributed by atoms with E-state index in [1.54, 1.807) is 11.9 Å². The van der Waals surface area contributed by atoms with Gasteiger partial charge >= 0.3 is 0 Å². The van der Waals surface area contributed by atoms with Crippen molar-refractivity contribution >= 4 is 11.8 Å². The molecule has 33 heavy (non-hydrogen) atoms. The van der Waals surface area contributed by atoms with Crippen LogP contribution in [-0.4, -0.2) is 34.4 Å². The molecule has 2 bridgehead atoms. The Hall–Kier alpha value is -3.60. The Morgan fingerprint density at radius 3 is 2.09 bits per heavy atom. The molecule has 5 rings (SSSR count). The Kier molecular flexibility index (Phi) is 5.41. The molecule has 3 aromatic rings. The number of ether oxygens (including phenoxy) is 1. The Labute approximate surface area is 194 Å². The lowest BCUT2D eigenvalue weighted by Gasteiger charge is -2.52. The number of carbonyl (C=O) groups excluding carboxylic acids is 2. The second-order valence-electron chi connectivity index (χ2n) is 9.17. The maximum Gasteiger partial charge on any atom is 0.238 e. The molecule has 2 aliphatic rings. The summed E-state index contributed by atoms with van der Waals surface area (Å²) in [6.07, 6.45) is 0.590. The predicted molar refractivity (Wildman–Crippen MR) is 126 cm³/mol. The van der Waals surface area contributed by atoms with E-state index in [0.29, 0.717) is 19.5 Å². The fraction of sp³-hybridized carbons (Fsp3) is 0.286. The standard InChI is InChI=1S/C28H28N2O3/c1-28-17-23(22-15-9-10-16-24(22)33-28)25(26(31)29(28)2)27(32)30(18-20-11-5-3-6-12-20)19-21-13-7-4-8-14-21/h3-16,23,25H,17-19H2,1-2H3/t23-,25+,28+/m1/s1. The molecule has 5 heteroatoms. The maximum absolute atomic E-state index is 14.1. The van der Waals surface area contributed by atoms with Gasteiger partial charge in [0.1, 0.15) is 11.7 Å². The van der Waals surface area contributed by atoms with Gasteiger partial charge in [-0.3, -0.25) is 9.59 Å². The van der Waals surface area contributed by atoms with E-state index in [2.05, 4.69) is 0 Å². The van der Waals surface area contributed by atoms with Crippen LogP contribution in [0.4, 0.5) is 0 Å². The number of benzene rings is 3. The van der Waals surface area contributed by atoms with Crippen molar-refractivity contribution in [1.82, 2.24) is 9.80 Å². The van der Waals surface area contributed by atoms with Crippen LogP contribution in [0.5, 0.6) is 5.75 Å². The molecular formula is C28H28N2O3. The Morgan fingerprint density at radius 1 is 0.939 bits per heavy atom. The lowest BCUT2D eigenvalue weighted by Crippen LogP contribution is -2.63. The quantitative estimate of drug-likeness (QED) is 0.546. The minimum Gasteiger partial charge on any atom is -0.468 e. The first-order chi connectivity index (χ1) is 16.0. The Morgan fingerprint density at radius 2 is 1.48 bits per heavy atom. The first-order valence-electron chi connectivity index (χ1n) is 11.4. The van der Waals surface area contributed by atoms with Gasteiger partial charge in [-0.05, 0) is 29.7 Å². The van der Waals surface area contributed by atoms with Crippen LogP contribution < -0.4 is 4.74 Å². The van der Waals surface area contributed by atoms with E-state index >= 15 is 0 Å². The maximum atomic E-state index is 14.1. The molecule has 2 amide bonds. The Balaban J connectivity index is 1.53. The third kappa shape index (κ3) is 3.88. The van der Waals surface area contributed by atoms with E-state index < -0.39 is 11.6 Å². The fourth-order valence-electron chi connectivity index (χ4n) is 5.09. The molecular weight excluding hydrogens is 412 g/mol. The van der Waals surface area contributed by atoms with E-state index in [-0.39, 0.29) is 17.7 Å². The number of likely N-dealkylation sites (tertiary alicyclic amines) is 1. The van der Waals surface area contributed by atoms with Crippen molar-refractivity contribution in [1.29, 1.82) is 0 Å². The van der Waals surface area contributed by atoms with Crippen LogP contribution in [0.25, 0.3) is 0 Å². The molecule has 5 nitrogen and oxygen atoms in total. The summed E-state index contributed by atoms with van der Waals surface area (Å²) in [4.78, 5) is 31.2. The van der Waals surface area contributed by atoms with E-state index in [9.17, 15) is 9.59 Å². The summed E-state index contributed by atoms with van der Waals surface area (Å²) in [5, 5.41) is 0. The minimum absolute atomic E-state index is 0.136. The van der Waals surface area contributed by atoms with Crippen molar-refractivity contribution in [2.75, 3.05) is 7.05 Å². The second kappa shape index (κ2) is 8.39. The third-order valence-corrected chi connectivity index (χ3v) is 6.97. The number of piperidine rings is 1. The van der Waals surface area contributed by atoms with Crippen LogP contribution in [0.3, 0.4) is 0 Å². The molecule has 0 N–H and O–H groups in total. The van der Waals surface area contributed by atoms with Crippen LogP contribution in [0.15, 0.2) is 84.9 Å². The molecule has 0 aromatic heterocycles. The van der Waals surface area contributed by atoms with Gasteiger partial charge in [0.25, 0.3) is 0 Å². The molecule has 3 aromatic carbocycles.